The van der Waals surface area contributed by atoms with Crippen molar-refractivity contribution < 1.29 is 8.42 Å². The fourth-order valence-corrected chi connectivity index (χ4v) is 3.38. The molecule has 1 aromatic heterocycles. The molecule has 0 spiro atoms. The minimum Gasteiger partial charge on any atom is -0.262 e. The van der Waals surface area contributed by atoms with Crippen molar-refractivity contribution in [1.82, 2.24) is 9.71 Å². The van der Waals surface area contributed by atoms with Crippen molar-refractivity contribution in [2.45, 2.75) is 24.7 Å². The summed E-state index contributed by atoms with van der Waals surface area (Å²) in [5.74, 6) is 0.802. The first-order valence-corrected chi connectivity index (χ1v) is 8.47. The van der Waals surface area contributed by atoms with Crippen LogP contribution < -0.4 is 4.72 Å². The van der Waals surface area contributed by atoms with Gasteiger partial charge in [-0.25, -0.2) is 13.1 Å². The zero-order chi connectivity index (χ0) is 13.6. The van der Waals surface area contributed by atoms with Gasteiger partial charge in [-0.2, -0.15) is 0 Å². The molecule has 0 radical (unpaired) electrons. The Hall–Kier alpha value is -0.170. The lowest BCUT2D eigenvalue weighted by molar-refractivity contribution is 0.481. The summed E-state index contributed by atoms with van der Waals surface area (Å²) < 4.78 is 27.2. The van der Waals surface area contributed by atoms with E-state index in [0.29, 0.717) is 16.9 Å². The highest BCUT2D eigenvalue weighted by molar-refractivity contribution is 9.10. The normalized spacial score (nSPS) is 13.5. The van der Waals surface area contributed by atoms with E-state index in [1.165, 1.54) is 12.3 Å². The highest BCUT2D eigenvalue weighted by Gasteiger charge is 2.16. The summed E-state index contributed by atoms with van der Waals surface area (Å²) in [5.41, 5.74) is 0. The second kappa shape index (κ2) is 7.43. The Morgan fingerprint density at radius 3 is 2.78 bits per heavy atom. The second-order valence-electron chi connectivity index (χ2n) is 3.94. The molecule has 1 aromatic rings. The van der Waals surface area contributed by atoms with Crippen molar-refractivity contribution in [2.75, 3.05) is 12.4 Å². The van der Waals surface area contributed by atoms with E-state index in [9.17, 15) is 8.42 Å². The number of halogens is 2. The van der Waals surface area contributed by atoms with E-state index < -0.39 is 10.0 Å². The van der Waals surface area contributed by atoms with Gasteiger partial charge in [0.2, 0.25) is 10.0 Å². The van der Waals surface area contributed by atoms with E-state index in [-0.39, 0.29) is 10.8 Å². The molecule has 0 bridgehead atoms. The predicted molar refractivity (Wildman–Crippen MR) is 76.2 cm³/mol. The molecule has 1 rings (SSSR count). The molecular weight excluding hydrogens is 340 g/mol. The molecule has 0 saturated carbocycles. The minimum atomic E-state index is -3.49. The molecular formula is C11H16BrClN2O2S. The summed E-state index contributed by atoms with van der Waals surface area (Å²) in [7, 11) is -3.49. The summed E-state index contributed by atoms with van der Waals surface area (Å²) in [6.07, 6.45) is 4.57. The van der Waals surface area contributed by atoms with Gasteiger partial charge in [0.15, 0.2) is 0 Å². The monoisotopic (exact) mass is 354 g/mol. The fraction of sp³-hybridized carbons (Fsp3) is 0.545. The number of pyridine rings is 1. The number of alkyl halides is 1. The Labute approximate surface area is 121 Å². The van der Waals surface area contributed by atoms with Crippen LogP contribution in [0.5, 0.6) is 0 Å². The average Bonchev–Trinajstić information content (AvgIpc) is 2.34. The zero-order valence-corrected chi connectivity index (χ0v) is 13.2. The molecule has 102 valence electrons. The van der Waals surface area contributed by atoms with E-state index in [4.69, 9.17) is 11.6 Å². The van der Waals surface area contributed by atoms with Gasteiger partial charge >= 0.3 is 0 Å². The van der Waals surface area contributed by atoms with Crippen molar-refractivity contribution in [3.8, 4) is 0 Å². The van der Waals surface area contributed by atoms with Crippen molar-refractivity contribution in [1.29, 1.82) is 0 Å². The molecule has 0 amide bonds. The van der Waals surface area contributed by atoms with Gasteiger partial charge in [0.25, 0.3) is 0 Å². The third-order valence-electron chi connectivity index (χ3n) is 2.65. The predicted octanol–water partition coefficient (Wildman–Crippen LogP) is 2.78. The quantitative estimate of drug-likeness (QED) is 0.765. The highest BCUT2D eigenvalue weighted by Crippen LogP contribution is 2.15. The number of nitrogens with one attached hydrogen (secondary N) is 1. The van der Waals surface area contributed by atoms with Gasteiger partial charge in [-0.05, 0) is 34.3 Å². The Balaban J connectivity index is 2.70. The molecule has 0 aliphatic carbocycles. The number of rotatable bonds is 7. The average molecular weight is 356 g/mol. The largest absolute Gasteiger partial charge is 0.262 e. The Kier molecular flexibility index (Phi) is 6.55. The SMILES string of the molecule is CCC(CCCl)CNS(=O)(=O)c1cncc(Br)c1. The molecule has 1 N–H and O–H groups in total. The van der Waals surface area contributed by atoms with Crippen LogP contribution in [0.4, 0.5) is 0 Å². The first kappa shape index (κ1) is 15.9. The van der Waals surface area contributed by atoms with Gasteiger partial charge in [0.1, 0.15) is 4.90 Å². The second-order valence-corrected chi connectivity index (χ2v) is 7.00. The Bertz CT molecular complexity index is 482. The van der Waals surface area contributed by atoms with E-state index in [0.717, 1.165) is 12.8 Å². The molecule has 1 heterocycles. The van der Waals surface area contributed by atoms with Gasteiger partial charge in [-0.1, -0.05) is 13.3 Å². The van der Waals surface area contributed by atoms with Crippen LogP contribution in [0.25, 0.3) is 0 Å². The molecule has 1 atom stereocenters. The molecule has 1 unspecified atom stereocenters. The van der Waals surface area contributed by atoms with Gasteiger partial charge in [-0.3, -0.25) is 4.98 Å². The van der Waals surface area contributed by atoms with E-state index in [1.54, 1.807) is 6.20 Å². The van der Waals surface area contributed by atoms with Crippen molar-refractivity contribution in [2.24, 2.45) is 5.92 Å². The molecule has 0 aromatic carbocycles. The number of hydrogen-bond donors (Lipinski definition) is 1. The van der Waals surface area contributed by atoms with Gasteiger partial charge in [-0.15, -0.1) is 11.6 Å². The fourth-order valence-electron chi connectivity index (χ4n) is 1.46. The number of sulfonamides is 1. The molecule has 0 fully saturated rings. The topological polar surface area (TPSA) is 59.1 Å². The van der Waals surface area contributed by atoms with Crippen LogP contribution in [0.3, 0.4) is 0 Å². The number of hydrogen-bond acceptors (Lipinski definition) is 3. The number of nitrogens with zero attached hydrogens (tertiary/aromatic N) is 1. The van der Waals surface area contributed by atoms with Crippen LogP contribution in [0.2, 0.25) is 0 Å². The van der Waals surface area contributed by atoms with E-state index >= 15 is 0 Å². The molecule has 18 heavy (non-hydrogen) atoms. The van der Waals surface area contributed by atoms with Gasteiger partial charge in [0, 0.05) is 29.3 Å². The minimum absolute atomic E-state index is 0.164. The van der Waals surface area contributed by atoms with Crippen molar-refractivity contribution >= 4 is 37.6 Å². The molecule has 0 aliphatic rings. The summed E-state index contributed by atoms with van der Waals surface area (Å²) in [6, 6.07) is 1.53. The summed E-state index contributed by atoms with van der Waals surface area (Å²) in [5, 5.41) is 0. The van der Waals surface area contributed by atoms with Gasteiger partial charge in [0.05, 0.1) is 0 Å². The van der Waals surface area contributed by atoms with E-state index in [1.807, 2.05) is 6.92 Å². The Morgan fingerprint density at radius 1 is 1.50 bits per heavy atom. The molecule has 4 nitrogen and oxygen atoms in total. The van der Waals surface area contributed by atoms with E-state index in [2.05, 4.69) is 25.6 Å². The highest BCUT2D eigenvalue weighted by atomic mass is 79.9. The summed E-state index contributed by atoms with van der Waals surface area (Å²) in [4.78, 5) is 4.01. The van der Waals surface area contributed by atoms with Gasteiger partial charge < -0.3 is 0 Å². The van der Waals surface area contributed by atoms with Crippen LogP contribution in [0, 0.1) is 5.92 Å². The lowest BCUT2D eigenvalue weighted by Crippen LogP contribution is -2.29. The first-order chi connectivity index (χ1) is 8.49. The molecule has 0 aliphatic heterocycles. The summed E-state index contributed by atoms with van der Waals surface area (Å²) >= 11 is 8.87. The lowest BCUT2D eigenvalue weighted by atomic mass is 10.0. The first-order valence-electron chi connectivity index (χ1n) is 5.65. The third kappa shape index (κ3) is 4.84. The molecule has 0 saturated heterocycles. The third-order valence-corrected chi connectivity index (χ3v) is 4.69. The van der Waals surface area contributed by atoms with Crippen molar-refractivity contribution in [3.63, 3.8) is 0 Å². The van der Waals surface area contributed by atoms with Crippen LogP contribution in [0.15, 0.2) is 27.8 Å². The Morgan fingerprint density at radius 2 is 2.22 bits per heavy atom. The maximum Gasteiger partial charge on any atom is 0.242 e. The molecule has 7 heteroatoms. The smallest absolute Gasteiger partial charge is 0.242 e. The van der Waals surface area contributed by atoms with Crippen LogP contribution in [-0.2, 0) is 10.0 Å². The zero-order valence-electron chi connectivity index (χ0n) is 10.1. The summed E-state index contributed by atoms with van der Waals surface area (Å²) in [6.45, 7) is 2.42. The standard InChI is InChI=1S/C11H16BrClN2O2S/c1-2-9(3-4-13)6-15-18(16,17)11-5-10(12)7-14-8-11/h5,7-9,15H,2-4,6H2,1H3. The maximum absolute atomic E-state index is 12.0. The van der Waals surface area contributed by atoms with Crippen LogP contribution in [-0.4, -0.2) is 25.8 Å². The lowest BCUT2D eigenvalue weighted by Gasteiger charge is -2.14. The van der Waals surface area contributed by atoms with Crippen LogP contribution >= 0.6 is 27.5 Å². The van der Waals surface area contributed by atoms with Crippen LogP contribution in [0.1, 0.15) is 19.8 Å². The number of aromatic nitrogens is 1. The maximum atomic E-state index is 12.0. The van der Waals surface area contributed by atoms with Crippen molar-refractivity contribution in [3.05, 3.63) is 22.9 Å².